The first kappa shape index (κ1) is 11.1. The van der Waals surface area contributed by atoms with E-state index in [-0.39, 0.29) is 17.8 Å². The predicted molar refractivity (Wildman–Crippen MR) is 48.2 cm³/mol. The van der Waals surface area contributed by atoms with Gasteiger partial charge in [0.25, 0.3) is 5.69 Å². The van der Waals surface area contributed by atoms with Gasteiger partial charge in [0.2, 0.25) is 0 Å². The van der Waals surface area contributed by atoms with Crippen LogP contribution in [0.5, 0.6) is 0 Å². The summed E-state index contributed by atoms with van der Waals surface area (Å²) in [6.07, 6.45) is -0.698. The van der Waals surface area contributed by atoms with Gasteiger partial charge in [-0.3, -0.25) is 15.1 Å². The van der Waals surface area contributed by atoms with E-state index in [2.05, 4.69) is 4.98 Å². The molecular weight excluding hydrogens is 204 g/mol. The zero-order valence-electron chi connectivity index (χ0n) is 7.53. The Morgan fingerprint density at radius 2 is 2.27 bits per heavy atom. The molecule has 7 heteroatoms. The Morgan fingerprint density at radius 1 is 1.60 bits per heavy atom. The minimum Gasteiger partial charge on any atom is -0.479 e. The average Bonchev–Trinajstić information content (AvgIpc) is 2.18. The summed E-state index contributed by atoms with van der Waals surface area (Å²) in [7, 11) is 0. The molecule has 15 heavy (non-hydrogen) atoms. The van der Waals surface area contributed by atoms with Gasteiger partial charge in [-0.05, 0) is 6.07 Å². The third kappa shape index (κ3) is 2.99. The lowest BCUT2D eigenvalue weighted by atomic mass is 10.2. The molecule has 1 rings (SSSR count). The second kappa shape index (κ2) is 4.47. The van der Waals surface area contributed by atoms with Gasteiger partial charge in [0, 0.05) is 18.2 Å². The number of nitrogens with zero attached hydrogens (tertiary/aromatic N) is 2. The van der Waals surface area contributed by atoms with Crippen molar-refractivity contribution in [3.8, 4) is 0 Å². The van der Waals surface area contributed by atoms with E-state index in [4.69, 9.17) is 10.2 Å². The zero-order chi connectivity index (χ0) is 11.4. The van der Waals surface area contributed by atoms with Gasteiger partial charge >= 0.3 is 5.97 Å². The van der Waals surface area contributed by atoms with Crippen LogP contribution in [0, 0.1) is 10.1 Å². The maximum Gasteiger partial charge on any atom is 0.332 e. The molecular formula is C8H8N2O5. The summed E-state index contributed by atoms with van der Waals surface area (Å²) in [5.41, 5.74) is 0.110. The molecule has 0 amide bonds. The van der Waals surface area contributed by atoms with Crippen LogP contribution in [0.3, 0.4) is 0 Å². The fraction of sp³-hybridized carbons (Fsp3) is 0.250. The molecule has 80 valence electrons. The highest BCUT2D eigenvalue weighted by Gasteiger charge is 2.15. The quantitative estimate of drug-likeness (QED) is 0.535. The second-order valence-corrected chi connectivity index (χ2v) is 2.82. The molecule has 1 unspecified atom stereocenters. The number of aliphatic hydroxyl groups is 1. The van der Waals surface area contributed by atoms with E-state index in [1.54, 1.807) is 0 Å². The number of carboxylic acid groups (broad SMARTS) is 1. The number of aliphatic carboxylic acids is 1. The number of pyridine rings is 1. The Balaban J connectivity index is 2.72. The Bertz CT molecular complexity index is 375. The summed E-state index contributed by atoms with van der Waals surface area (Å²) in [5, 5.41) is 27.6. The number of hydrogen-bond donors (Lipinski definition) is 2. The van der Waals surface area contributed by atoms with Gasteiger partial charge < -0.3 is 10.2 Å². The summed E-state index contributed by atoms with van der Waals surface area (Å²) in [6.45, 7) is 0. The van der Waals surface area contributed by atoms with E-state index < -0.39 is 17.0 Å². The van der Waals surface area contributed by atoms with Crippen molar-refractivity contribution in [3.63, 3.8) is 0 Å². The molecule has 0 saturated heterocycles. The van der Waals surface area contributed by atoms with Crippen LogP contribution in [0.4, 0.5) is 5.69 Å². The van der Waals surface area contributed by atoms with E-state index in [0.717, 1.165) is 6.20 Å². The summed E-state index contributed by atoms with van der Waals surface area (Å²) >= 11 is 0. The van der Waals surface area contributed by atoms with Crippen molar-refractivity contribution < 1.29 is 19.9 Å². The van der Waals surface area contributed by atoms with Crippen molar-refractivity contribution >= 4 is 11.7 Å². The molecule has 1 atom stereocenters. The van der Waals surface area contributed by atoms with E-state index >= 15 is 0 Å². The Kier molecular flexibility index (Phi) is 3.29. The van der Waals surface area contributed by atoms with Crippen LogP contribution < -0.4 is 0 Å². The Labute approximate surface area is 84.1 Å². The first-order chi connectivity index (χ1) is 7.00. The molecule has 0 saturated carbocycles. The number of carbonyl (C=O) groups is 1. The highest BCUT2D eigenvalue weighted by atomic mass is 16.6. The van der Waals surface area contributed by atoms with Gasteiger partial charge in [-0.1, -0.05) is 0 Å². The third-order valence-corrected chi connectivity index (χ3v) is 1.71. The monoisotopic (exact) mass is 212 g/mol. The van der Waals surface area contributed by atoms with Crippen LogP contribution in [0.25, 0.3) is 0 Å². The SMILES string of the molecule is O=C(O)C(O)Cc1ccc([N+](=O)[O-])cn1. The number of hydrogen-bond acceptors (Lipinski definition) is 5. The van der Waals surface area contributed by atoms with Crippen molar-refractivity contribution in [3.05, 3.63) is 34.1 Å². The minimum atomic E-state index is -1.54. The normalized spacial score (nSPS) is 12.1. The largest absolute Gasteiger partial charge is 0.479 e. The van der Waals surface area contributed by atoms with Crippen LogP contribution in [0.1, 0.15) is 5.69 Å². The van der Waals surface area contributed by atoms with Crippen LogP contribution in [0.15, 0.2) is 18.3 Å². The summed E-state index contributed by atoms with van der Waals surface area (Å²) < 4.78 is 0. The molecule has 1 aromatic heterocycles. The number of nitro groups is 1. The maximum absolute atomic E-state index is 10.3. The van der Waals surface area contributed by atoms with Gasteiger partial charge in [0.05, 0.1) is 4.92 Å². The van der Waals surface area contributed by atoms with Crippen LogP contribution in [0.2, 0.25) is 0 Å². The minimum absolute atomic E-state index is 0.173. The average molecular weight is 212 g/mol. The van der Waals surface area contributed by atoms with Crippen LogP contribution >= 0.6 is 0 Å². The summed E-state index contributed by atoms with van der Waals surface area (Å²) in [5.74, 6) is -1.35. The van der Waals surface area contributed by atoms with E-state index in [1.807, 2.05) is 0 Å². The predicted octanol–water partition coefficient (Wildman–Crippen LogP) is -0.0222. The van der Waals surface area contributed by atoms with E-state index in [9.17, 15) is 14.9 Å². The van der Waals surface area contributed by atoms with Gasteiger partial charge in [-0.15, -0.1) is 0 Å². The van der Waals surface area contributed by atoms with E-state index in [0.29, 0.717) is 0 Å². The molecule has 0 radical (unpaired) electrons. The Morgan fingerprint density at radius 3 is 2.67 bits per heavy atom. The number of aromatic nitrogens is 1. The van der Waals surface area contributed by atoms with E-state index in [1.165, 1.54) is 12.1 Å². The molecule has 1 aromatic rings. The highest BCUT2D eigenvalue weighted by Crippen LogP contribution is 2.09. The fourth-order valence-corrected chi connectivity index (χ4v) is 0.931. The van der Waals surface area contributed by atoms with Gasteiger partial charge in [-0.25, -0.2) is 4.79 Å². The zero-order valence-corrected chi connectivity index (χ0v) is 7.53. The summed E-state index contributed by atoms with van der Waals surface area (Å²) in [4.78, 5) is 23.6. The van der Waals surface area contributed by atoms with Crippen molar-refractivity contribution in [2.45, 2.75) is 12.5 Å². The van der Waals surface area contributed by atoms with Crippen LogP contribution in [-0.2, 0) is 11.2 Å². The van der Waals surface area contributed by atoms with Crippen molar-refractivity contribution in [2.75, 3.05) is 0 Å². The standard InChI is InChI=1S/C8H8N2O5/c11-7(8(12)13)3-5-1-2-6(4-9-5)10(14)15/h1-2,4,7,11H,3H2,(H,12,13). The number of rotatable bonds is 4. The first-order valence-electron chi connectivity index (χ1n) is 4.01. The third-order valence-electron chi connectivity index (χ3n) is 1.71. The molecule has 0 aliphatic heterocycles. The molecule has 2 N–H and O–H groups in total. The lowest BCUT2D eigenvalue weighted by Gasteiger charge is -2.03. The Hall–Kier alpha value is -2.02. The van der Waals surface area contributed by atoms with Crippen molar-refractivity contribution in [1.82, 2.24) is 4.98 Å². The van der Waals surface area contributed by atoms with Gasteiger partial charge in [-0.2, -0.15) is 0 Å². The van der Waals surface area contributed by atoms with Gasteiger partial charge in [0.1, 0.15) is 6.20 Å². The smallest absolute Gasteiger partial charge is 0.332 e. The molecule has 0 aliphatic rings. The second-order valence-electron chi connectivity index (χ2n) is 2.82. The number of aliphatic hydroxyl groups excluding tert-OH is 1. The molecule has 0 spiro atoms. The lowest BCUT2D eigenvalue weighted by molar-refractivity contribution is -0.385. The van der Waals surface area contributed by atoms with Crippen molar-refractivity contribution in [2.24, 2.45) is 0 Å². The summed E-state index contributed by atoms with van der Waals surface area (Å²) in [6, 6.07) is 2.52. The topological polar surface area (TPSA) is 114 Å². The van der Waals surface area contributed by atoms with Gasteiger partial charge in [0.15, 0.2) is 6.10 Å². The fourth-order valence-electron chi connectivity index (χ4n) is 0.931. The maximum atomic E-state index is 10.3. The first-order valence-corrected chi connectivity index (χ1v) is 4.01. The highest BCUT2D eigenvalue weighted by molar-refractivity contribution is 5.72. The molecule has 7 nitrogen and oxygen atoms in total. The molecule has 0 aromatic carbocycles. The molecule has 1 heterocycles. The lowest BCUT2D eigenvalue weighted by Crippen LogP contribution is -2.22. The molecule has 0 aliphatic carbocycles. The molecule has 0 bridgehead atoms. The van der Waals surface area contributed by atoms with Crippen LogP contribution in [-0.4, -0.2) is 32.2 Å². The number of carboxylic acids is 1. The molecule has 0 fully saturated rings. The van der Waals surface area contributed by atoms with Crippen molar-refractivity contribution in [1.29, 1.82) is 0 Å².